The van der Waals surface area contributed by atoms with Gasteiger partial charge in [0.05, 0.1) is 0 Å². The van der Waals surface area contributed by atoms with E-state index in [1.807, 2.05) is 6.08 Å². The van der Waals surface area contributed by atoms with E-state index in [1.54, 1.807) is 11.8 Å². The summed E-state index contributed by atoms with van der Waals surface area (Å²) >= 11 is 1.59. The fourth-order valence-electron chi connectivity index (χ4n) is 9.34. The molecule has 2 bridgehead atoms. The van der Waals surface area contributed by atoms with Crippen molar-refractivity contribution in [3.63, 3.8) is 0 Å². The second-order valence-electron chi connectivity index (χ2n) is 12.0. The minimum atomic E-state index is 0.159. The van der Waals surface area contributed by atoms with Crippen LogP contribution < -0.4 is 5.32 Å². The quantitative estimate of drug-likeness (QED) is 0.646. The summed E-state index contributed by atoms with van der Waals surface area (Å²) in [6.07, 6.45) is 16.5. The number of hydrogen-bond acceptors (Lipinski definition) is 3. The average Bonchev–Trinajstić information content (AvgIpc) is 3.42. The first kappa shape index (κ1) is 19.9. The highest BCUT2D eigenvalue weighted by Crippen LogP contribution is 2.66. The van der Waals surface area contributed by atoms with E-state index in [4.69, 9.17) is 0 Å². The van der Waals surface area contributed by atoms with Gasteiger partial charge in [-0.25, -0.2) is 0 Å². The molecule has 164 valence electrons. The number of fused-ring (bicyclic) bond motifs is 7. The molecular formula is C26H37NO2S. The topological polar surface area (TPSA) is 46.2 Å². The van der Waals surface area contributed by atoms with Gasteiger partial charge < -0.3 is 5.32 Å². The first-order valence-corrected chi connectivity index (χ1v) is 13.5. The monoisotopic (exact) mass is 427 g/mol. The second kappa shape index (κ2) is 6.86. The number of allylic oxidation sites excluding steroid dienone is 1. The highest BCUT2D eigenvalue weighted by molar-refractivity contribution is 8.14. The van der Waals surface area contributed by atoms with Crippen LogP contribution in [0.5, 0.6) is 0 Å². The van der Waals surface area contributed by atoms with E-state index in [0.29, 0.717) is 29.0 Å². The Morgan fingerprint density at radius 2 is 1.90 bits per heavy atom. The van der Waals surface area contributed by atoms with Crippen LogP contribution in [0, 0.1) is 46.3 Å². The van der Waals surface area contributed by atoms with Gasteiger partial charge >= 0.3 is 0 Å². The summed E-state index contributed by atoms with van der Waals surface area (Å²) in [4.78, 5) is 25.5. The molecule has 6 aliphatic rings. The van der Waals surface area contributed by atoms with Gasteiger partial charge in [-0.3, -0.25) is 9.59 Å². The lowest BCUT2D eigenvalue weighted by Gasteiger charge is -2.58. The standard InChI is InChI=1S/C26H37NO2S/c1-25-11-9-19-17(5-8-22-26(19,2)12-10-23(28)30-22)18(25)6-7-20(25)24(29)27-21-14-15-3-4-16(21)13-15/h10,12,15-22H,3-9,11,13-14H2,1-2H3,(H,27,29)/t15?,16?,17-,18-,19-,20+,21?,22+,25-,26+/m0/s1. The van der Waals surface area contributed by atoms with Crippen molar-refractivity contribution >= 4 is 22.8 Å². The van der Waals surface area contributed by atoms with Crippen LogP contribution in [0.15, 0.2) is 12.2 Å². The zero-order valence-corrected chi connectivity index (χ0v) is 19.4. The van der Waals surface area contributed by atoms with Gasteiger partial charge in [0, 0.05) is 22.6 Å². The molecule has 6 rings (SSSR count). The van der Waals surface area contributed by atoms with Crippen LogP contribution in [0.1, 0.15) is 78.1 Å². The van der Waals surface area contributed by atoms with Gasteiger partial charge in [-0.05, 0) is 98.9 Å². The van der Waals surface area contributed by atoms with Crippen molar-refractivity contribution in [3.8, 4) is 0 Å². The van der Waals surface area contributed by atoms with E-state index in [9.17, 15) is 9.59 Å². The third kappa shape index (κ3) is 2.77. The fourth-order valence-corrected chi connectivity index (χ4v) is 10.5. The molecule has 1 N–H and O–H groups in total. The Labute approximate surface area is 185 Å². The summed E-state index contributed by atoms with van der Waals surface area (Å²) < 4.78 is 0. The minimum Gasteiger partial charge on any atom is -0.353 e. The second-order valence-corrected chi connectivity index (χ2v) is 13.3. The van der Waals surface area contributed by atoms with Crippen LogP contribution in [-0.2, 0) is 9.59 Å². The largest absolute Gasteiger partial charge is 0.353 e. The third-order valence-corrected chi connectivity index (χ3v) is 12.3. The van der Waals surface area contributed by atoms with Gasteiger partial charge in [-0.1, -0.05) is 38.1 Å². The van der Waals surface area contributed by atoms with E-state index in [1.165, 1.54) is 51.4 Å². The van der Waals surface area contributed by atoms with Crippen molar-refractivity contribution in [2.45, 2.75) is 89.3 Å². The van der Waals surface area contributed by atoms with Gasteiger partial charge in [0.15, 0.2) is 0 Å². The molecule has 10 atom stereocenters. The van der Waals surface area contributed by atoms with Gasteiger partial charge in [-0.2, -0.15) is 0 Å². The van der Waals surface area contributed by atoms with E-state index in [0.717, 1.165) is 30.6 Å². The molecule has 1 aliphatic heterocycles. The number of thioether (sulfide) groups is 1. The Balaban J connectivity index is 1.20. The Morgan fingerprint density at radius 3 is 2.67 bits per heavy atom. The number of nitrogens with one attached hydrogen (secondary N) is 1. The summed E-state index contributed by atoms with van der Waals surface area (Å²) in [5.74, 6) is 4.32. The van der Waals surface area contributed by atoms with Gasteiger partial charge in [-0.15, -0.1) is 0 Å². The van der Waals surface area contributed by atoms with Crippen LogP contribution in [0.3, 0.4) is 0 Å². The zero-order chi connectivity index (χ0) is 20.7. The molecular weight excluding hydrogens is 390 g/mol. The molecule has 1 heterocycles. The van der Waals surface area contributed by atoms with E-state index in [2.05, 4.69) is 25.2 Å². The summed E-state index contributed by atoms with van der Waals surface area (Å²) in [6, 6.07) is 0.464. The van der Waals surface area contributed by atoms with Crippen LogP contribution >= 0.6 is 11.8 Å². The van der Waals surface area contributed by atoms with E-state index >= 15 is 0 Å². The predicted molar refractivity (Wildman–Crippen MR) is 121 cm³/mol. The zero-order valence-electron chi connectivity index (χ0n) is 18.6. The van der Waals surface area contributed by atoms with E-state index < -0.39 is 0 Å². The molecule has 3 unspecified atom stereocenters. The summed E-state index contributed by atoms with van der Waals surface area (Å²) in [5, 5.41) is 4.25. The molecule has 5 aliphatic carbocycles. The number of hydrogen-bond donors (Lipinski definition) is 1. The molecule has 5 fully saturated rings. The van der Waals surface area contributed by atoms with Crippen molar-refractivity contribution in [2.24, 2.45) is 46.3 Å². The smallest absolute Gasteiger partial charge is 0.223 e. The Kier molecular flexibility index (Phi) is 4.55. The number of carbonyl (C=O) groups excluding carboxylic acids is 2. The molecule has 3 nitrogen and oxygen atoms in total. The normalized spacial score (nSPS) is 53.9. The highest BCUT2D eigenvalue weighted by atomic mass is 32.2. The van der Waals surface area contributed by atoms with Crippen molar-refractivity contribution in [1.29, 1.82) is 0 Å². The van der Waals surface area contributed by atoms with Gasteiger partial charge in [0.2, 0.25) is 11.0 Å². The Morgan fingerprint density at radius 1 is 1.03 bits per heavy atom. The Bertz CT molecular complexity index is 794. The summed E-state index contributed by atoms with van der Waals surface area (Å²) in [5.41, 5.74) is 0.333. The average molecular weight is 428 g/mol. The minimum absolute atomic E-state index is 0.159. The molecule has 5 saturated carbocycles. The maximum absolute atomic E-state index is 13.5. The van der Waals surface area contributed by atoms with Crippen molar-refractivity contribution in [2.75, 3.05) is 0 Å². The maximum atomic E-state index is 13.5. The lowest BCUT2D eigenvalue weighted by Crippen LogP contribution is -2.54. The molecule has 4 heteroatoms. The Hall–Kier alpha value is -0.770. The van der Waals surface area contributed by atoms with Crippen molar-refractivity contribution in [3.05, 3.63) is 12.2 Å². The van der Waals surface area contributed by atoms with E-state index in [-0.39, 0.29) is 21.9 Å². The van der Waals surface area contributed by atoms with Crippen molar-refractivity contribution in [1.82, 2.24) is 5.32 Å². The predicted octanol–water partition coefficient (Wildman–Crippen LogP) is 5.35. The maximum Gasteiger partial charge on any atom is 0.223 e. The highest BCUT2D eigenvalue weighted by Gasteiger charge is 2.61. The number of carbonyl (C=O) groups is 2. The summed E-state index contributed by atoms with van der Waals surface area (Å²) in [7, 11) is 0. The number of rotatable bonds is 2. The molecule has 0 aromatic rings. The van der Waals surface area contributed by atoms with Gasteiger partial charge in [0.25, 0.3) is 0 Å². The van der Waals surface area contributed by atoms with Crippen LogP contribution in [0.4, 0.5) is 0 Å². The molecule has 30 heavy (non-hydrogen) atoms. The third-order valence-electron chi connectivity index (χ3n) is 10.9. The fraction of sp³-hybridized carbons (Fsp3) is 0.846. The molecule has 0 saturated heterocycles. The van der Waals surface area contributed by atoms with Crippen molar-refractivity contribution < 1.29 is 9.59 Å². The molecule has 0 aromatic carbocycles. The lowest BCUT2D eigenvalue weighted by atomic mass is 9.49. The first-order valence-electron chi connectivity index (χ1n) is 12.6. The van der Waals surface area contributed by atoms with Gasteiger partial charge in [0.1, 0.15) is 0 Å². The molecule has 0 aromatic heterocycles. The summed E-state index contributed by atoms with van der Waals surface area (Å²) in [6.45, 7) is 4.87. The SMILES string of the molecule is C[C@]12C=CC(=O)S[C@@H]1CC[C@@H]1[C@@H]2CC[C@]2(C)[C@@H](C(=O)NC3CC4CCC3C4)CC[C@@H]12. The lowest BCUT2D eigenvalue weighted by molar-refractivity contribution is -0.133. The van der Waals surface area contributed by atoms with Crippen LogP contribution in [0.25, 0.3) is 0 Å². The van der Waals surface area contributed by atoms with Crippen LogP contribution in [-0.4, -0.2) is 22.3 Å². The van der Waals surface area contributed by atoms with Crippen LogP contribution in [0.2, 0.25) is 0 Å². The molecule has 0 radical (unpaired) electrons. The molecule has 0 spiro atoms. The molecule has 1 amide bonds. The number of amides is 1. The first-order chi connectivity index (χ1) is 14.4.